The number of rotatable bonds is 2. The largest absolute Gasteiger partial charge is 0.368 e. The quantitative estimate of drug-likeness (QED) is 0.913. The van der Waals surface area contributed by atoms with E-state index in [9.17, 15) is 5.26 Å². The third-order valence-corrected chi connectivity index (χ3v) is 4.53. The molecule has 1 aliphatic rings. The maximum absolute atomic E-state index is 9.37. The Labute approximate surface area is 124 Å². The lowest BCUT2D eigenvalue weighted by Crippen LogP contribution is -2.50. The Morgan fingerprint density at radius 2 is 1.95 bits per heavy atom. The summed E-state index contributed by atoms with van der Waals surface area (Å²) in [5, 5.41) is 22.0. The number of piperidine rings is 1. The van der Waals surface area contributed by atoms with Crippen LogP contribution in [0.15, 0.2) is 24.3 Å². The number of hydrogen-bond acceptors (Lipinski definition) is 5. The molecule has 1 aliphatic heterocycles. The summed E-state index contributed by atoms with van der Waals surface area (Å²) in [6, 6.07) is 10.1. The van der Waals surface area contributed by atoms with E-state index in [1.54, 1.807) is 0 Å². The Morgan fingerprint density at radius 3 is 2.62 bits per heavy atom. The van der Waals surface area contributed by atoms with Gasteiger partial charge in [-0.1, -0.05) is 18.2 Å². The lowest BCUT2D eigenvalue weighted by Gasteiger charge is -2.40. The number of benzene rings is 1. The maximum Gasteiger partial charge on any atom is 0.187 e. The molecule has 2 heterocycles. The van der Waals surface area contributed by atoms with Crippen LogP contribution in [0, 0.1) is 11.3 Å². The Hall–Kier alpha value is -2.19. The summed E-state index contributed by atoms with van der Waals surface area (Å²) in [6.45, 7) is 4.09. The van der Waals surface area contributed by atoms with E-state index >= 15 is 0 Å². The molecular formula is C16H19N5. The monoisotopic (exact) mass is 281 g/mol. The van der Waals surface area contributed by atoms with Crippen molar-refractivity contribution >= 4 is 16.6 Å². The average Bonchev–Trinajstić information content (AvgIpc) is 2.55. The summed E-state index contributed by atoms with van der Waals surface area (Å²) in [5.41, 5.74) is 2.37. The van der Waals surface area contributed by atoms with Crippen molar-refractivity contribution in [1.82, 2.24) is 15.5 Å². The molecule has 3 rings (SSSR count). The second-order valence-corrected chi connectivity index (χ2v) is 5.82. The maximum atomic E-state index is 9.37. The highest BCUT2D eigenvalue weighted by Gasteiger charge is 2.30. The van der Waals surface area contributed by atoms with Gasteiger partial charge in [0.1, 0.15) is 6.07 Å². The number of hydrogen-bond donors (Lipinski definition) is 1. The second kappa shape index (κ2) is 5.30. The molecule has 0 bridgehead atoms. The first-order chi connectivity index (χ1) is 10.2. The van der Waals surface area contributed by atoms with E-state index < -0.39 is 0 Å². The molecule has 1 saturated heterocycles. The van der Waals surface area contributed by atoms with Crippen molar-refractivity contribution in [2.45, 2.75) is 25.3 Å². The van der Waals surface area contributed by atoms with Crippen molar-refractivity contribution < 1.29 is 0 Å². The normalized spacial score (nSPS) is 17.7. The number of fused-ring (bicyclic) bond motifs is 1. The van der Waals surface area contributed by atoms with Gasteiger partial charge >= 0.3 is 0 Å². The molecular weight excluding hydrogens is 262 g/mol. The van der Waals surface area contributed by atoms with E-state index in [0.29, 0.717) is 5.69 Å². The Kier molecular flexibility index (Phi) is 3.48. The van der Waals surface area contributed by atoms with Crippen LogP contribution in [0.4, 0.5) is 5.69 Å². The molecule has 108 valence electrons. The lowest BCUT2D eigenvalue weighted by molar-refractivity contribution is 0.305. The minimum Gasteiger partial charge on any atom is -0.368 e. The third-order valence-electron chi connectivity index (χ3n) is 4.53. The SMILES string of the molecule is CNC1(C)CCN(c2c(C#N)nnc3ccccc23)CC1. The molecule has 21 heavy (non-hydrogen) atoms. The molecule has 1 N–H and O–H groups in total. The van der Waals surface area contributed by atoms with Crippen LogP contribution in [-0.2, 0) is 0 Å². The van der Waals surface area contributed by atoms with Crippen LogP contribution >= 0.6 is 0 Å². The van der Waals surface area contributed by atoms with Crippen molar-refractivity contribution in [2.75, 3.05) is 25.0 Å². The fraction of sp³-hybridized carbons (Fsp3) is 0.438. The predicted molar refractivity (Wildman–Crippen MR) is 83.2 cm³/mol. The Morgan fingerprint density at radius 1 is 1.24 bits per heavy atom. The molecule has 2 aromatic rings. The van der Waals surface area contributed by atoms with E-state index in [2.05, 4.69) is 33.4 Å². The number of nitrogens with one attached hydrogen (secondary N) is 1. The topological polar surface area (TPSA) is 64.8 Å². The van der Waals surface area contributed by atoms with E-state index in [1.165, 1.54) is 0 Å². The van der Waals surface area contributed by atoms with Crippen LogP contribution in [0.3, 0.4) is 0 Å². The van der Waals surface area contributed by atoms with Crippen molar-refractivity contribution in [2.24, 2.45) is 0 Å². The lowest BCUT2D eigenvalue weighted by atomic mass is 9.89. The molecule has 1 aromatic carbocycles. The van der Waals surface area contributed by atoms with Crippen molar-refractivity contribution in [3.05, 3.63) is 30.0 Å². The van der Waals surface area contributed by atoms with Gasteiger partial charge in [0.05, 0.1) is 11.2 Å². The third kappa shape index (κ3) is 2.43. The summed E-state index contributed by atoms with van der Waals surface area (Å²) in [5.74, 6) is 0. The molecule has 0 aliphatic carbocycles. The molecule has 5 nitrogen and oxygen atoms in total. The second-order valence-electron chi connectivity index (χ2n) is 5.82. The van der Waals surface area contributed by atoms with E-state index in [1.807, 2.05) is 31.3 Å². The molecule has 0 atom stereocenters. The minimum absolute atomic E-state index is 0.180. The Balaban J connectivity index is 2.02. The first kappa shape index (κ1) is 13.8. The highest BCUT2D eigenvalue weighted by Crippen LogP contribution is 2.32. The molecule has 0 radical (unpaired) electrons. The fourth-order valence-corrected chi connectivity index (χ4v) is 2.91. The van der Waals surface area contributed by atoms with E-state index in [0.717, 1.165) is 42.5 Å². The average molecular weight is 281 g/mol. The minimum atomic E-state index is 0.180. The summed E-state index contributed by atoms with van der Waals surface area (Å²) in [6.07, 6.45) is 2.09. The predicted octanol–water partition coefficient (Wildman–Crippen LogP) is 2.08. The number of nitriles is 1. The number of aromatic nitrogens is 2. The molecule has 0 spiro atoms. The molecule has 1 fully saturated rings. The number of anilines is 1. The zero-order valence-electron chi connectivity index (χ0n) is 12.4. The van der Waals surface area contributed by atoms with Crippen molar-refractivity contribution in [1.29, 1.82) is 5.26 Å². The van der Waals surface area contributed by atoms with Gasteiger partial charge in [-0.25, -0.2) is 0 Å². The van der Waals surface area contributed by atoms with Crippen LogP contribution in [0.2, 0.25) is 0 Å². The van der Waals surface area contributed by atoms with Gasteiger partial charge < -0.3 is 10.2 Å². The fourth-order valence-electron chi connectivity index (χ4n) is 2.91. The van der Waals surface area contributed by atoms with Crippen LogP contribution in [0.1, 0.15) is 25.5 Å². The van der Waals surface area contributed by atoms with Crippen molar-refractivity contribution in [3.63, 3.8) is 0 Å². The van der Waals surface area contributed by atoms with Gasteiger partial charge in [0.2, 0.25) is 0 Å². The van der Waals surface area contributed by atoms with E-state index in [-0.39, 0.29) is 5.54 Å². The van der Waals surface area contributed by atoms with Gasteiger partial charge in [0, 0.05) is 24.0 Å². The summed E-state index contributed by atoms with van der Waals surface area (Å²) in [7, 11) is 2.01. The first-order valence-electron chi connectivity index (χ1n) is 7.26. The first-order valence-corrected chi connectivity index (χ1v) is 7.26. The molecule has 0 amide bonds. The molecule has 5 heteroatoms. The van der Waals surface area contributed by atoms with Crippen LogP contribution in [-0.4, -0.2) is 35.9 Å². The van der Waals surface area contributed by atoms with Gasteiger partial charge in [-0.3, -0.25) is 0 Å². The Bertz CT molecular complexity index is 695. The zero-order valence-corrected chi connectivity index (χ0v) is 12.4. The summed E-state index contributed by atoms with van der Waals surface area (Å²) >= 11 is 0. The van der Waals surface area contributed by atoms with Gasteiger partial charge in [0.25, 0.3) is 0 Å². The standard InChI is InChI=1S/C16H19N5/c1-16(18-2)7-9-21(10-8-16)15-12-5-3-4-6-13(12)19-20-14(15)11-17/h3-6,18H,7-10H2,1-2H3. The molecule has 0 unspecified atom stereocenters. The number of nitrogens with zero attached hydrogens (tertiary/aromatic N) is 4. The molecule has 0 saturated carbocycles. The molecule has 1 aromatic heterocycles. The van der Waals surface area contributed by atoms with Gasteiger partial charge in [-0.15, -0.1) is 10.2 Å². The van der Waals surface area contributed by atoms with Crippen LogP contribution in [0.25, 0.3) is 10.9 Å². The van der Waals surface area contributed by atoms with Gasteiger partial charge in [-0.05, 0) is 32.9 Å². The van der Waals surface area contributed by atoms with E-state index in [4.69, 9.17) is 0 Å². The van der Waals surface area contributed by atoms with Gasteiger partial charge in [-0.2, -0.15) is 5.26 Å². The van der Waals surface area contributed by atoms with Gasteiger partial charge in [0.15, 0.2) is 5.69 Å². The van der Waals surface area contributed by atoms with Crippen LogP contribution < -0.4 is 10.2 Å². The zero-order chi connectivity index (χ0) is 14.9. The van der Waals surface area contributed by atoms with Crippen LogP contribution in [0.5, 0.6) is 0 Å². The van der Waals surface area contributed by atoms with Crippen molar-refractivity contribution in [3.8, 4) is 6.07 Å². The highest BCUT2D eigenvalue weighted by molar-refractivity contribution is 5.93. The summed E-state index contributed by atoms with van der Waals surface area (Å²) < 4.78 is 0. The highest BCUT2D eigenvalue weighted by atomic mass is 15.2. The smallest absolute Gasteiger partial charge is 0.187 e. The summed E-state index contributed by atoms with van der Waals surface area (Å²) in [4.78, 5) is 2.27.